The van der Waals surface area contributed by atoms with Crippen molar-refractivity contribution < 1.29 is 23.8 Å². The van der Waals surface area contributed by atoms with E-state index in [0.717, 1.165) is 39.3 Å². The lowest BCUT2D eigenvalue weighted by atomic mass is 10.3. The van der Waals surface area contributed by atoms with E-state index < -0.39 is 18.2 Å². The Labute approximate surface area is 118 Å². The molecule has 1 N–H and O–H groups in total. The van der Waals surface area contributed by atoms with Crippen LogP contribution >= 0.6 is 0 Å². The zero-order chi connectivity index (χ0) is 14.4. The number of ether oxygens (including phenoxy) is 3. The first-order valence-corrected chi connectivity index (χ1v) is 7.12. The van der Waals surface area contributed by atoms with Crippen LogP contribution in [0.4, 0.5) is 0 Å². The summed E-state index contributed by atoms with van der Waals surface area (Å²) in [6.45, 7) is 7.01. The zero-order valence-electron chi connectivity index (χ0n) is 11.8. The monoisotopic (exact) mass is 286 g/mol. The van der Waals surface area contributed by atoms with Crippen molar-refractivity contribution in [2.75, 3.05) is 46.0 Å². The van der Waals surface area contributed by atoms with E-state index in [1.807, 2.05) is 0 Å². The van der Waals surface area contributed by atoms with Gasteiger partial charge in [0.05, 0.1) is 19.8 Å². The van der Waals surface area contributed by atoms with Crippen molar-refractivity contribution >= 4 is 11.9 Å². The van der Waals surface area contributed by atoms with Crippen molar-refractivity contribution in [2.24, 2.45) is 0 Å². The molecule has 2 atom stereocenters. The van der Waals surface area contributed by atoms with Gasteiger partial charge in [-0.05, 0) is 19.9 Å². The van der Waals surface area contributed by atoms with Crippen molar-refractivity contribution in [1.82, 2.24) is 10.2 Å². The van der Waals surface area contributed by atoms with E-state index in [1.54, 1.807) is 6.92 Å². The van der Waals surface area contributed by atoms with E-state index in [0.29, 0.717) is 13.2 Å². The number of morpholine rings is 1. The van der Waals surface area contributed by atoms with Crippen LogP contribution in [-0.4, -0.2) is 75.0 Å². The summed E-state index contributed by atoms with van der Waals surface area (Å²) in [4.78, 5) is 25.3. The summed E-state index contributed by atoms with van der Waals surface area (Å²) in [6.07, 6.45) is -0.505. The number of epoxide rings is 1. The quantitative estimate of drug-likeness (QED) is 0.373. The molecule has 2 fully saturated rings. The number of esters is 1. The van der Waals surface area contributed by atoms with Gasteiger partial charge in [-0.3, -0.25) is 9.69 Å². The maximum atomic E-state index is 11.7. The van der Waals surface area contributed by atoms with Crippen molar-refractivity contribution in [3.8, 4) is 0 Å². The first-order valence-electron chi connectivity index (χ1n) is 7.12. The summed E-state index contributed by atoms with van der Waals surface area (Å²) in [5.41, 5.74) is 0. The average molecular weight is 286 g/mol. The van der Waals surface area contributed by atoms with Gasteiger partial charge in [0.25, 0.3) is 5.91 Å². The van der Waals surface area contributed by atoms with Crippen LogP contribution in [0.2, 0.25) is 0 Å². The fraction of sp³-hybridized carbons (Fsp3) is 0.846. The lowest BCUT2D eigenvalue weighted by Crippen LogP contribution is -2.38. The fourth-order valence-electron chi connectivity index (χ4n) is 2.16. The highest BCUT2D eigenvalue weighted by molar-refractivity contribution is 5.92. The molecule has 0 aliphatic carbocycles. The van der Waals surface area contributed by atoms with Gasteiger partial charge in [-0.15, -0.1) is 0 Å². The second kappa shape index (κ2) is 7.56. The molecule has 0 spiro atoms. The molecule has 0 radical (unpaired) electrons. The molecule has 20 heavy (non-hydrogen) atoms. The lowest BCUT2D eigenvalue weighted by Gasteiger charge is -2.26. The van der Waals surface area contributed by atoms with Gasteiger partial charge in [-0.2, -0.15) is 0 Å². The molecule has 7 heteroatoms. The minimum atomic E-state index is -0.714. The first kappa shape index (κ1) is 15.2. The lowest BCUT2D eigenvalue weighted by molar-refractivity contribution is -0.144. The Bertz CT molecular complexity index is 344. The van der Waals surface area contributed by atoms with Gasteiger partial charge in [0.2, 0.25) is 0 Å². The van der Waals surface area contributed by atoms with E-state index in [2.05, 4.69) is 10.2 Å². The van der Waals surface area contributed by atoms with E-state index in [9.17, 15) is 9.59 Å². The third-order valence-electron chi connectivity index (χ3n) is 3.32. The molecular weight excluding hydrogens is 264 g/mol. The standard InChI is InChI=1S/C13H22N2O5/c1-2-19-13(17)11-10(20-11)12(16)14-4-3-5-15-6-8-18-9-7-15/h10-11H,2-9H2,1H3,(H,14,16)/t10-,11-/m0/s1. The van der Waals surface area contributed by atoms with E-state index >= 15 is 0 Å². The van der Waals surface area contributed by atoms with E-state index in [-0.39, 0.29) is 5.91 Å². The van der Waals surface area contributed by atoms with Crippen LogP contribution in [0.5, 0.6) is 0 Å². The molecule has 0 unspecified atom stereocenters. The smallest absolute Gasteiger partial charge is 0.338 e. The number of carbonyl (C=O) groups is 2. The summed E-state index contributed by atoms with van der Waals surface area (Å²) in [5.74, 6) is -0.689. The predicted molar refractivity (Wildman–Crippen MR) is 70.2 cm³/mol. The van der Waals surface area contributed by atoms with E-state index in [1.165, 1.54) is 0 Å². The molecule has 2 saturated heterocycles. The number of amides is 1. The van der Waals surface area contributed by atoms with Gasteiger partial charge in [-0.1, -0.05) is 0 Å². The average Bonchev–Trinajstić information content (AvgIpc) is 3.25. The van der Waals surface area contributed by atoms with Gasteiger partial charge in [0, 0.05) is 19.6 Å². The third kappa shape index (κ3) is 4.43. The number of hydrogen-bond acceptors (Lipinski definition) is 6. The van der Waals surface area contributed by atoms with E-state index in [4.69, 9.17) is 14.2 Å². The largest absolute Gasteiger partial charge is 0.464 e. The zero-order valence-corrected chi connectivity index (χ0v) is 11.8. The Hall–Kier alpha value is -1.18. The van der Waals surface area contributed by atoms with Crippen molar-refractivity contribution in [1.29, 1.82) is 0 Å². The highest BCUT2D eigenvalue weighted by Crippen LogP contribution is 2.23. The number of hydrogen-bond donors (Lipinski definition) is 1. The second-order valence-electron chi connectivity index (χ2n) is 4.83. The number of rotatable bonds is 7. The van der Waals surface area contributed by atoms with Crippen molar-refractivity contribution in [2.45, 2.75) is 25.6 Å². The van der Waals surface area contributed by atoms with Crippen LogP contribution in [0.15, 0.2) is 0 Å². The topological polar surface area (TPSA) is 80.4 Å². The molecule has 1 amide bonds. The molecule has 0 bridgehead atoms. The van der Waals surface area contributed by atoms with Gasteiger partial charge in [-0.25, -0.2) is 4.79 Å². The fourth-order valence-corrected chi connectivity index (χ4v) is 2.16. The highest BCUT2D eigenvalue weighted by Gasteiger charge is 2.51. The SMILES string of the molecule is CCOC(=O)[C@H]1O[C@@H]1C(=O)NCCCN1CCOCC1. The molecule has 0 saturated carbocycles. The Morgan fingerprint density at radius 2 is 2.05 bits per heavy atom. The van der Waals surface area contributed by atoms with Crippen molar-refractivity contribution in [3.63, 3.8) is 0 Å². The minimum Gasteiger partial charge on any atom is -0.464 e. The predicted octanol–water partition coefficient (Wildman–Crippen LogP) is -0.845. The summed E-state index contributed by atoms with van der Waals surface area (Å²) < 4.78 is 15.1. The molecule has 2 rings (SSSR count). The van der Waals surface area contributed by atoms with Crippen LogP contribution in [0.3, 0.4) is 0 Å². The Kier molecular flexibility index (Phi) is 5.75. The molecule has 2 aliphatic heterocycles. The molecule has 0 aromatic carbocycles. The molecule has 114 valence electrons. The maximum Gasteiger partial charge on any atom is 0.338 e. The summed E-state index contributed by atoms with van der Waals surface area (Å²) >= 11 is 0. The Morgan fingerprint density at radius 3 is 2.75 bits per heavy atom. The first-order chi connectivity index (χ1) is 9.72. The van der Waals surface area contributed by atoms with Crippen LogP contribution < -0.4 is 5.32 Å². The van der Waals surface area contributed by atoms with Crippen molar-refractivity contribution in [3.05, 3.63) is 0 Å². The molecule has 0 aromatic heterocycles. The summed E-state index contributed by atoms with van der Waals surface area (Å²) in [7, 11) is 0. The Morgan fingerprint density at radius 1 is 1.30 bits per heavy atom. The van der Waals surface area contributed by atoms with Gasteiger partial charge in [0.1, 0.15) is 0 Å². The van der Waals surface area contributed by atoms with Crippen LogP contribution in [0.1, 0.15) is 13.3 Å². The van der Waals surface area contributed by atoms with Gasteiger partial charge < -0.3 is 19.5 Å². The Balaban J connectivity index is 1.54. The second-order valence-corrected chi connectivity index (χ2v) is 4.83. The summed E-state index contributed by atoms with van der Waals surface area (Å²) in [5, 5.41) is 2.78. The highest BCUT2D eigenvalue weighted by atomic mass is 16.6. The third-order valence-corrected chi connectivity index (χ3v) is 3.32. The molecule has 7 nitrogen and oxygen atoms in total. The number of carbonyl (C=O) groups excluding carboxylic acids is 2. The van der Waals surface area contributed by atoms with Crippen LogP contribution in [0, 0.1) is 0 Å². The number of nitrogens with zero attached hydrogens (tertiary/aromatic N) is 1. The van der Waals surface area contributed by atoms with Crippen LogP contribution in [0.25, 0.3) is 0 Å². The molecule has 0 aromatic rings. The van der Waals surface area contributed by atoms with Crippen LogP contribution in [-0.2, 0) is 23.8 Å². The minimum absolute atomic E-state index is 0.231. The van der Waals surface area contributed by atoms with Gasteiger partial charge in [0.15, 0.2) is 12.2 Å². The van der Waals surface area contributed by atoms with Gasteiger partial charge >= 0.3 is 5.97 Å². The maximum absolute atomic E-state index is 11.7. The molecule has 2 aliphatic rings. The summed E-state index contributed by atoms with van der Waals surface area (Å²) in [6, 6.07) is 0. The normalized spacial score (nSPS) is 26.1. The molecule has 2 heterocycles. The molecular formula is C13H22N2O5. The number of nitrogens with one attached hydrogen (secondary N) is 1.